The number of aliphatic hydroxyl groups excluding tert-OH is 1. The van der Waals surface area contributed by atoms with Gasteiger partial charge >= 0.3 is 0 Å². The van der Waals surface area contributed by atoms with Crippen LogP contribution in [0.2, 0.25) is 5.02 Å². The molecule has 26 heavy (non-hydrogen) atoms. The zero-order chi connectivity index (χ0) is 17.9. The van der Waals surface area contributed by atoms with Crippen molar-refractivity contribution in [3.05, 3.63) is 59.9 Å². The maximum atomic E-state index is 9.44. The highest BCUT2D eigenvalue weighted by Crippen LogP contribution is 2.29. The first-order chi connectivity index (χ1) is 12.7. The van der Waals surface area contributed by atoms with E-state index in [1.165, 1.54) is 0 Å². The zero-order valence-electron chi connectivity index (χ0n) is 14.2. The summed E-state index contributed by atoms with van der Waals surface area (Å²) in [7, 11) is 0. The lowest BCUT2D eigenvalue weighted by Crippen LogP contribution is -2.22. The fraction of sp³-hybridized carbons (Fsp3) is 0.250. The summed E-state index contributed by atoms with van der Waals surface area (Å²) in [5.41, 5.74) is 2.71. The van der Waals surface area contributed by atoms with E-state index in [9.17, 15) is 5.11 Å². The van der Waals surface area contributed by atoms with Gasteiger partial charge in [0.15, 0.2) is 5.82 Å². The monoisotopic (exact) mass is 366 g/mol. The number of halogens is 1. The minimum Gasteiger partial charge on any atom is -0.396 e. The summed E-state index contributed by atoms with van der Waals surface area (Å²) in [6.07, 6.45) is 4.48. The van der Waals surface area contributed by atoms with Gasteiger partial charge in [-0.1, -0.05) is 23.7 Å². The van der Waals surface area contributed by atoms with Crippen molar-refractivity contribution in [3.63, 3.8) is 0 Å². The molecule has 1 unspecified atom stereocenters. The Morgan fingerprint density at radius 1 is 1.12 bits per heavy atom. The molecule has 0 spiro atoms. The van der Waals surface area contributed by atoms with Crippen LogP contribution in [0.3, 0.4) is 0 Å². The Morgan fingerprint density at radius 2 is 1.96 bits per heavy atom. The Bertz CT molecular complexity index is 886. The average Bonchev–Trinajstić information content (AvgIpc) is 3.18. The summed E-state index contributed by atoms with van der Waals surface area (Å²) in [5, 5.41) is 10.1. The molecular weight excluding hydrogens is 348 g/mol. The standard InChI is InChI=1S/C20H19ClN4O/c21-17-5-3-15(4-6-17)18-10-19(25-9-7-14(12-25)13-26)24-20(23-18)16-2-1-8-22-11-16/h1-6,8,10-11,14,26H,7,9,12-13H2. The fourth-order valence-corrected chi connectivity index (χ4v) is 3.30. The van der Waals surface area contributed by atoms with Gasteiger partial charge in [0.25, 0.3) is 0 Å². The minimum absolute atomic E-state index is 0.209. The van der Waals surface area contributed by atoms with E-state index in [2.05, 4.69) is 9.88 Å². The van der Waals surface area contributed by atoms with E-state index < -0.39 is 0 Å². The van der Waals surface area contributed by atoms with Crippen molar-refractivity contribution in [1.29, 1.82) is 0 Å². The largest absolute Gasteiger partial charge is 0.396 e. The summed E-state index contributed by atoms with van der Waals surface area (Å²) >= 11 is 6.02. The predicted octanol–water partition coefficient (Wildman–Crippen LogP) is 3.68. The summed E-state index contributed by atoms with van der Waals surface area (Å²) in [6, 6.07) is 13.5. The molecule has 1 N–H and O–H groups in total. The molecule has 5 nitrogen and oxygen atoms in total. The van der Waals surface area contributed by atoms with Crippen LogP contribution in [0.15, 0.2) is 54.9 Å². The fourth-order valence-electron chi connectivity index (χ4n) is 3.18. The van der Waals surface area contributed by atoms with Crippen molar-refractivity contribution < 1.29 is 5.11 Å². The van der Waals surface area contributed by atoms with E-state index in [-0.39, 0.29) is 6.61 Å². The number of aliphatic hydroxyl groups is 1. The molecule has 0 radical (unpaired) electrons. The van der Waals surface area contributed by atoms with Gasteiger partial charge in [0.2, 0.25) is 0 Å². The lowest BCUT2D eigenvalue weighted by Gasteiger charge is -2.19. The zero-order valence-corrected chi connectivity index (χ0v) is 15.0. The van der Waals surface area contributed by atoms with Gasteiger partial charge in [0.05, 0.1) is 5.69 Å². The molecule has 0 bridgehead atoms. The van der Waals surface area contributed by atoms with Gasteiger partial charge in [-0.05, 0) is 30.7 Å². The number of pyridine rings is 1. The van der Waals surface area contributed by atoms with E-state index in [1.807, 2.05) is 42.5 Å². The number of hydrogen-bond donors (Lipinski definition) is 1. The second kappa shape index (κ2) is 7.40. The van der Waals surface area contributed by atoms with E-state index in [0.717, 1.165) is 42.1 Å². The Labute approximate surface area is 157 Å². The molecule has 1 saturated heterocycles. The van der Waals surface area contributed by atoms with E-state index in [1.54, 1.807) is 12.4 Å². The molecule has 1 fully saturated rings. The van der Waals surface area contributed by atoms with Crippen molar-refractivity contribution in [2.45, 2.75) is 6.42 Å². The Morgan fingerprint density at radius 3 is 2.65 bits per heavy atom. The lowest BCUT2D eigenvalue weighted by molar-refractivity contribution is 0.238. The second-order valence-electron chi connectivity index (χ2n) is 6.47. The topological polar surface area (TPSA) is 62.1 Å². The molecule has 1 aliphatic rings. The summed E-state index contributed by atoms with van der Waals surface area (Å²) in [6.45, 7) is 1.90. The number of hydrogen-bond acceptors (Lipinski definition) is 5. The van der Waals surface area contributed by atoms with Gasteiger partial charge < -0.3 is 10.0 Å². The molecule has 1 aromatic carbocycles. The van der Waals surface area contributed by atoms with E-state index in [4.69, 9.17) is 21.6 Å². The Hall–Kier alpha value is -2.50. The number of rotatable bonds is 4. The first-order valence-electron chi connectivity index (χ1n) is 8.64. The van der Waals surface area contributed by atoms with Gasteiger partial charge in [-0.25, -0.2) is 9.97 Å². The summed E-state index contributed by atoms with van der Waals surface area (Å²) in [4.78, 5) is 15.9. The third-order valence-electron chi connectivity index (χ3n) is 4.64. The van der Waals surface area contributed by atoms with Crippen LogP contribution in [-0.4, -0.2) is 39.8 Å². The number of aromatic nitrogens is 3. The second-order valence-corrected chi connectivity index (χ2v) is 6.90. The number of benzene rings is 1. The highest BCUT2D eigenvalue weighted by Gasteiger charge is 2.24. The molecule has 1 atom stereocenters. The van der Waals surface area contributed by atoms with Crippen LogP contribution >= 0.6 is 11.6 Å². The van der Waals surface area contributed by atoms with Crippen molar-refractivity contribution in [3.8, 4) is 22.6 Å². The van der Waals surface area contributed by atoms with Crippen LogP contribution in [0.5, 0.6) is 0 Å². The van der Waals surface area contributed by atoms with Crippen molar-refractivity contribution in [2.24, 2.45) is 5.92 Å². The lowest BCUT2D eigenvalue weighted by atomic mass is 10.1. The molecule has 3 aromatic rings. The normalized spacial score (nSPS) is 16.8. The minimum atomic E-state index is 0.209. The third kappa shape index (κ3) is 3.54. The molecule has 0 saturated carbocycles. The van der Waals surface area contributed by atoms with Crippen LogP contribution < -0.4 is 4.90 Å². The molecule has 3 heterocycles. The van der Waals surface area contributed by atoms with Crippen LogP contribution in [0, 0.1) is 5.92 Å². The molecule has 1 aliphatic heterocycles. The molecular formula is C20H19ClN4O. The molecule has 6 heteroatoms. The number of nitrogens with zero attached hydrogens (tertiary/aromatic N) is 4. The highest BCUT2D eigenvalue weighted by atomic mass is 35.5. The van der Waals surface area contributed by atoms with Crippen molar-refractivity contribution in [1.82, 2.24) is 15.0 Å². The summed E-state index contributed by atoms with van der Waals surface area (Å²) < 4.78 is 0. The maximum absolute atomic E-state index is 9.44. The smallest absolute Gasteiger partial charge is 0.163 e. The maximum Gasteiger partial charge on any atom is 0.163 e. The Balaban J connectivity index is 1.78. The number of anilines is 1. The SMILES string of the molecule is OCC1CCN(c2cc(-c3ccc(Cl)cc3)nc(-c3cccnc3)n2)C1. The molecule has 2 aromatic heterocycles. The first kappa shape index (κ1) is 16.9. The quantitative estimate of drug-likeness (QED) is 0.763. The highest BCUT2D eigenvalue weighted by molar-refractivity contribution is 6.30. The van der Waals surface area contributed by atoms with Gasteiger partial charge in [-0.3, -0.25) is 4.98 Å². The van der Waals surface area contributed by atoms with Crippen LogP contribution in [0.25, 0.3) is 22.6 Å². The average molecular weight is 367 g/mol. The van der Waals surface area contributed by atoms with Crippen molar-refractivity contribution in [2.75, 3.05) is 24.6 Å². The van der Waals surface area contributed by atoms with Crippen molar-refractivity contribution >= 4 is 17.4 Å². The molecule has 132 valence electrons. The van der Waals surface area contributed by atoms with Gasteiger partial charge in [-0.2, -0.15) is 0 Å². The van der Waals surface area contributed by atoms with E-state index >= 15 is 0 Å². The van der Waals surface area contributed by atoms with Crippen LogP contribution in [-0.2, 0) is 0 Å². The third-order valence-corrected chi connectivity index (χ3v) is 4.89. The van der Waals surface area contributed by atoms with Gasteiger partial charge in [-0.15, -0.1) is 0 Å². The van der Waals surface area contributed by atoms with E-state index in [0.29, 0.717) is 16.8 Å². The first-order valence-corrected chi connectivity index (χ1v) is 9.02. The Kier molecular flexibility index (Phi) is 4.82. The van der Waals surface area contributed by atoms with Gasteiger partial charge in [0.1, 0.15) is 5.82 Å². The van der Waals surface area contributed by atoms with Crippen LogP contribution in [0.1, 0.15) is 6.42 Å². The predicted molar refractivity (Wildman–Crippen MR) is 103 cm³/mol. The molecule has 0 amide bonds. The molecule has 4 rings (SSSR count). The van der Waals surface area contributed by atoms with Gasteiger partial charge in [0, 0.05) is 60.2 Å². The van der Waals surface area contributed by atoms with Crippen LogP contribution in [0.4, 0.5) is 5.82 Å². The molecule has 0 aliphatic carbocycles. The summed E-state index contributed by atoms with van der Waals surface area (Å²) in [5.74, 6) is 1.82.